The number of rotatable bonds is 8. The molecule has 0 radical (unpaired) electrons. The number of ether oxygens (including phenoxy) is 1. The molecule has 1 atom stereocenters. The highest BCUT2D eigenvalue weighted by atomic mass is 16.5. The van der Waals surface area contributed by atoms with E-state index in [9.17, 15) is 5.11 Å². The zero-order valence-corrected chi connectivity index (χ0v) is 15.5. The van der Waals surface area contributed by atoms with Crippen molar-refractivity contribution in [2.45, 2.75) is 18.9 Å². The van der Waals surface area contributed by atoms with Gasteiger partial charge in [-0.25, -0.2) is 14.6 Å². The monoisotopic (exact) mass is 360 g/mol. The Kier molecular flexibility index (Phi) is 6.54. The molecule has 3 rings (SSSR count). The summed E-state index contributed by atoms with van der Waals surface area (Å²) in [5.41, 5.74) is 0. The lowest BCUT2D eigenvalue weighted by atomic mass is 9.91. The average Bonchev–Trinajstić information content (AvgIpc) is 3.21. The van der Waals surface area contributed by atoms with Gasteiger partial charge >= 0.3 is 0 Å². The van der Waals surface area contributed by atoms with Crippen molar-refractivity contribution in [2.24, 2.45) is 5.92 Å². The first kappa shape index (κ1) is 18.8. The van der Waals surface area contributed by atoms with Gasteiger partial charge in [0.1, 0.15) is 12.1 Å². The van der Waals surface area contributed by atoms with E-state index in [0.717, 1.165) is 44.1 Å². The van der Waals surface area contributed by atoms with Crippen LogP contribution in [-0.2, 0) is 4.74 Å². The highest BCUT2D eigenvalue weighted by molar-refractivity contribution is 5.43. The van der Waals surface area contributed by atoms with E-state index in [1.165, 1.54) is 0 Å². The Morgan fingerprint density at radius 2 is 2.08 bits per heavy atom. The lowest BCUT2D eigenvalue weighted by Gasteiger charge is -2.36. The number of aromatic nitrogens is 4. The van der Waals surface area contributed by atoms with Crippen molar-refractivity contribution in [3.8, 4) is 5.82 Å². The summed E-state index contributed by atoms with van der Waals surface area (Å²) in [6.45, 7) is 3.99. The number of methoxy groups -OCH3 is 1. The normalized spacial score (nSPS) is 17.0. The number of hydrogen-bond donors (Lipinski definition) is 1. The molecule has 26 heavy (non-hydrogen) atoms. The molecule has 0 bridgehead atoms. The Morgan fingerprint density at radius 3 is 2.77 bits per heavy atom. The Labute approximate surface area is 154 Å². The molecular weight excluding hydrogens is 332 g/mol. The van der Waals surface area contributed by atoms with E-state index < -0.39 is 0 Å². The summed E-state index contributed by atoms with van der Waals surface area (Å²) in [6, 6.07) is 3.83. The van der Waals surface area contributed by atoms with Crippen LogP contribution in [0.3, 0.4) is 0 Å². The quantitative estimate of drug-likeness (QED) is 0.746. The van der Waals surface area contributed by atoms with Crippen LogP contribution >= 0.6 is 0 Å². The van der Waals surface area contributed by atoms with Gasteiger partial charge in [-0.05, 0) is 31.9 Å². The molecule has 1 unspecified atom stereocenters. The number of hydrogen-bond acceptors (Lipinski definition) is 7. The van der Waals surface area contributed by atoms with Crippen molar-refractivity contribution in [2.75, 3.05) is 51.8 Å². The molecule has 1 N–H and O–H groups in total. The topological polar surface area (TPSA) is 79.5 Å². The highest BCUT2D eigenvalue weighted by Crippen LogP contribution is 2.25. The van der Waals surface area contributed by atoms with Gasteiger partial charge in [0.05, 0.1) is 12.7 Å². The maximum Gasteiger partial charge on any atom is 0.158 e. The molecule has 142 valence electrons. The average molecular weight is 360 g/mol. The fourth-order valence-electron chi connectivity index (χ4n) is 3.36. The third-order valence-corrected chi connectivity index (χ3v) is 4.96. The van der Waals surface area contributed by atoms with Crippen molar-refractivity contribution >= 4 is 5.82 Å². The number of piperidine rings is 1. The molecule has 1 aliphatic heterocycles. The Balaban J connectivity index is 1.53. The number of aliphatic hydroxyl groups excluding tert-OH is 1. The molecule has 8 heteroatoms. The van der Waals surface area contributed by atoms with Crippen LogP contribution in [0.15, 0.2) is 30.9 Å². The largest absolute Gasteiger partial charge is 0.392 e. The van der Waals surface area contributed by atoms with E-state index in [-0.39, 0.29) is 6.10 Å². The smallest absolute Gasteiger partial charge is 0.158 e. The molecule has 1 saturated heterocycles. The first-order chi connectivity index (χ1) is 12.7. The van der Waals surface area contributed by atoms with Gasteiger partial charge in [-0.3, -0.25) is 0 Å². The van der Waals surface area contributed by atoms with Crippen LogP contribution in [0.4, 0.5) is 5.82 Å². The maximum absolute atomic E-state index is 10.5. The zero-order chi connectivity index (χ0) is 18.4. The standard InChI is InChI=1S/C18H28N6O2/c1-22(10-11-26-2)13-16(25)15-4-8-23(9-5-15)17-12-18(20-14-19-17)24-7-3-6-21-24/h3,6-7,12,14-16,25H,4-5,8-11,13H2,1-2H3. The molecule has 3 heterocycles. The second kappa shape index (κ2) is 9.07. The molecule has 0 aromatic carbocycles. The van der Waals surface area contributed by atoms with E-state index >= 15 is 0 Å². The highest BCUT2D eigenvalue weighted by Gasteiger charge is 2.26. The van der Waals surface area contributed by atoms with E-state index in [1.54, 1.807) is 24.3 Å². The van der Waals surface area contributed by atoms with Gasteiger partial charge in [-0.15, -0.1) is 0 Å². The molecule has 0 aliphatic carbocycles. The van der Waals surface area contributed by atoms with E-state index in [1.807, 2.05) is 25.4 Å². The summed E-state index contributed by atoms with van der Waals surface area (Å²) < 4.78 is 6.82. The predicted molar refractivity (Wildman–Crippen MR) is 99.5 cm³/mol. The summed E-state index contributed by atoms with van der Waals surface area (Å²) in [6.07, 6.45) is 6.80. The van der Waals surface area contributed by atoms with Gasteiger partial charge < -0.3 is 19.6 Å². The van der Waals surface area contributed by atoms with Crippen molar-refractivity contribution in [3.05, 3.63) is 30.9 Å². The number of anilines is 1. The van der Waals surface area contributed by atoms with Gasteiger partial charge in [0.15, 0.2) is 5.82 Å². The van der Waals surface area contributed by atoms with Crippen LogP contribution in [0.2, 0.25) is 0 Å². The van der Waals surface area contributed by atoms with E-state index in [0.29, 0.717) is 19.1 Å². The summed E-state index contributed by atoms with van der Waals surface area (Å²) in [4.78, 5) is 13.1. The molecule has 8 nitrogen and oxygen atoms in total. The minimum atomic E-state index is -0.302. The van der Waals surface area contributed by atoms with Crippen LogP contribution in [0, 0.1) is 5.92 Å². The second-order valence-electron chi connectivity index (χ2n) is 6.83. The Bertz CT molecular complexity index is 657. The molecule has 0 spiro atoms. The van der Waals surface area contributed by atoms with Crippen LogP contribution in [0.1, 0.15) is 12.8 Å². The van der Waals surface area contributed by atoms with Crippen molar-refractivity contribution in [1.82, 2.24) is 24.6 Å². The first-order valence-electron chi connectivity index (χ1n) is 9.10. The fourth-order valence-corrected chi connectivity index (χ4v) is 3.36. The summed E-state index contributed by atoms with van der Waals surface area (Å²) in [7, 11) is 3.72. The second-order valence-corrected chi connectivity index (χ2v) is 6.83. The molecule has 2 aromatic rings. The number of aliphatic hydroxyl groups is 1. The minimum absolute atomic E-state index is 0.302. The minimum Gasteiger partial charge on any atom is -0.392 e. The van der Waals surface area contributed by atoms with Gasteiger partial charge in [0.25, 0.3) is 0 Å². The Hall–Kier alpha value is -2.03. The molecule has 2 aromatic heterocycles. The van der Waals surface area contributed by atoms with E-state index in [4.69, 9.17) is 4.74 Å². The van der Waals surface area contributed by atoms with Gasteiger partial charge in [-0.1, -0.05) is 0 Å². The first-order valence-corrected chi connectivity index (χ1v) is 9.10. The zero-order valence-electron chi connectivity index (χ0n) is 15.5. The van der Waals surface area contributed by atoms with Gasteiger partial charge in [0, 0.05) is 51.7 Å². The summed E-state index contributed by atoms with van der Waals surface area (Å²) in [5.74, 6) is 2.00. The third kappa shape index (κ3) is 4.78. The molecule has 1 fully saturated rings. The lowest BCUT2D eigenvalue weighted by Crippen LogP contribution is -2.42. The van der Waals surface area contributed by atoms with E-state index in [2.05, 4.69) is 24.9 Å². The van der Waals surface area contributed by atoms with Gasteiger partial charge in [-0.2, -0.15) is 5.10 Å². The molecular formula is C18H28N6O2. The van der Waals surface area contributed by atoms with Crippen LogP contribution in [0.25, 0.3) is 5.82 Å². The fraction of sp³-hybridized carbons (Fsp3) is 0.611. The van der Waals surface area contributed by atoms with Crippen molar-refractivity contribution in [1.29, 1.82) is 0 Å². The van der Waals surface area contributed by atoms with Crippen LogP contribution in [0.5, 0.6) is 0 Å². The van der Waals surface area contributed by atoms with Crippen LogP contribution in [-0.4, -0.2) is 82.8 Å². The Morgan fingerprint density at radius 1 is 1.31 bits per heavy atom. The maximum atomic E-state index is 10.5. The third-order valence-electron chi connectivity index (χ3n) is 4.96. The molecule has 0 amide bonds. The summed E-state index contributed by atoms with van der Waals surface area (Å²) >= 11 is 0. The summed E-state index contributed by atoms with van der Waals surface area (Å²) in [5, 5.41) is 14.7. The van der Waals surface area contributed by atoms with Gasteiger partial charge in [0.2, 0.25) is 0 Å². The van der Waals surface area contributed by atoms with Crippen LogP contribution < -0.4 is 4.90 Å². The number of likely N-dealkylation sites (N-methyl/N-ethyl adjacent to an activating group) is 1. The molecule has 0 saturated carbocycles. The van der Waals surface area contributed by atoms with Crippen molar-refractivity contribution in [3.63, 3.8) is 0 Å². The molecule has 1 aliphatic rings. The number of nitrogens with zero attached hydrogens (tertiary/aromatic N) is 6. The lowest BCUT2D eigenvalue weighted by molar-refractivity contribution is 0.0528. The predicted octanol–water partition coefficient (Wildman–Crippen LogP) is 0.818. The SMILES string of the molecule is COCCN(C)CC(O)C1CCN(c2cc(-n3cccn3)ncn2)CC1. The van der Waals surface area contributed by atoms with Crippen molar-refractivity contribution < 1.29 is 9.84 Å².